The lowest BCUT2D eigenvalue weighted by Gasteiger charge is -2.45. The van der Waals surface area contributed by atoms with Crippen LogP contribution in [0.4, 0.5) is 0 Å². The van der Waals surface area contributed by atoms with Gasteiger partial charge in [0.05, 0.1) is 20.3 Å². The van der Waals surface area contributed by atoms with Gasteiger partial charge in [0.25, 0.3) is 0 Å². The van der Waals surface area contributed by atoms with Crippen molar-refractivity contribution in [1.82, 2.24) is 4.90 Å². The smallest absolute Gasteiger partial charge is 0.234 e. The summed E-state index contributed by atoms with van der Waals surface area (Å²) in [6, 6.07) is 14.0. The van der Waals surface area contributed by atoms with Gasteiger partial charge in [0, 0.05) is 23.1 Å². The molecule has 7 nitrogen and oxygen atoms in total. The number of amides is 1. The lowest BCUT2D eigenvalue weighted by Crippen LogP contribution is -2.57. The lowest BCUT2D eigenvalue weighted by atomic mass is 9.88. The summed E-state index contributed by atoms with van der Waals surface area (Å²) < 4.78 is 10.6. The molecule has 0 unspecified atom stereocenters. The van der Waals surface area contributed by atoms with Gasteiger partial charge < -0.3 is 14.4 Å². The van der Waals surface area contributed by atoms with Crippen molar-refractivity contribution >= 4 is 5.91 Å². The Labute approximate surface area is 145 Å². The Hall–Kier alpha value is -3.18. The second kappa shape index (κ2) is 7.15. The Kier molecular flexibility index (Phi) is 4.77. The Morgan fingerprint density at radius 2 is 1.92 bits per heavy atom. The largest absolute Gasteiger partial charge is 0.497 e. The Morgan fingerprint density at radius 1 is 1.16 bits per heavy atom. The third-order valence-corrected chi connectivity index (χ3v) is 4.32. The summed E-state index contributed by atoms with van der Waals surface area (Å²) in [5.74, 6) is 1.14. The monoisotopic (exact) mass is 338 g/mol. The third-order valence-electron chi connectivity index (χ3n) is 4.32. The maximum atomic E-state index is 12.5. The number of methoxy groups -OCH3 is 2. The zero-order chi connectivity index (χ0) is 17.8. The normalized spacial score (nSPS) is 19.0. The van der Waals surface area contributed by atoms with Crippen LogP contribution in [-0.2, 0) is 11.3 Å². The molecule has 2 aromatic rings. The van der Waals surface area contributed by atoms with E-state index in [1.807, 2.05) is 42.5 Å². The second-order valence-corrected chi connectivity index (χ2v) is 5.65. The number of carbonyl (C=O) groups excluding carboxylic acids is 1. The van der Waals surface area contributed by atoms with Crippen molar-refractivity contribution in [2.24, 2.45) is 5.11 Å². The van der Waals surface area contributed by atoms with Gasteiger partial charge in [0.2, 0.25) is 5.91 Å². The van der Waals surface area contributed by atoms with Crippen LogP contribution in [0.15, 0.2) is 53.6 Å². The molecule has 2 aromatic carbocycles. The molecule has 1 fully saturated rings. The summed E-state index contributed by atoms with van der Waals surface area (Å²) in [5.41, 5.74) is 10.5. The number of hydrogen-bond donors (Lipinski definition) is 0. The van der Waals surface area contributed by atoms with Gasteiger partial charge in [-0.3, -0.25) is 4.79 Å². The second-order valence-electron chi connectivity index (χ2n) is 5.65. The molecule has 0 N–H and O–H groups in total. The van der Waals surface area contributed by atoms with Crippen molar-refractivity contribution in [3.8, 4) is 11.5 Å². The average molecular weight is 338 g/mol. The number of nitrogens with zero attached hydrogens (tertiary/aromatic N) is 4. The van der Waals surface area contributed by atoms with Gasteiger partial charge in [-0.15, -0.1) is 0 Å². The van der Waals surface area contributed by atoms with Gasteiger partial charge in [-0.2, -0.15) is 0 Å². The van der Waals surface area contributed by atoms with Gasteiger partial charge in [-0.1, -0.05) is 35.4 Å². The third kappa shape index (κ3) is 3.09. The van der Waals surface area contributed by atoms with E-state index in [2.05, 4.69) is 10.0 Å². The Morgan fingerprint density at radius 3 is 2.56 bits per heavy atom. The van der Waals surface area contributed by atoms with Gasteiger partial charge in [0.1, 0.15) is 17.5 Å². The summed E-state index contributed by atoms with van der Waals surface area (Å²) in [5, 5.41) is 3.67. The number of azide groups is 1. The number of rotatable bonds is 6. The molecule has 128 valence electrons. The SMILES string of the molecule is COc1ccc(CN2C(=O)[C@@H](N=[N+]=[N-])[C@H]2c2ccccc2)c(OC)c1. The summed E-state index contributed by atoms with van der Waals surface area (Å²) in [6.45, 7) is 0.364. The van der Waals surface area contributed by atoms with E-state index in [4.69, 9.17) is 15.0 Å². The zero-order valence-electron chi connectivity index (χ0n) is 14.0. The number of ether oxygens (including phenoxy) is 2. The predicted octanol–water partition coefficient (Wildman–Crippen LogP) is 3.47. The molecule has 25 heavy (non-hydrogen) atoms. The van der Waals surface area contributed by atoms with Crippen molar-refractivity contribution in [1.29, 1.82) is 0 Å². The highest BCUT2D eigenvalue weighted by Gasteiger charge is 2.47. The molecule has 1 heterocycles. The van der Waals surface area contributed by atoms with E-state index in [1.54, 1.807) is 25.2 Å². The van der Waals surface area contributed by atoms with E-state index >= 15 is 0 Å². The molecule has 3 rings (SSSR count). The predicted molar refractivity (Wildman–Crippen MR) is 92.2 cm³/mol. The summed E-state index contributed by atoms with van der Waals surface area (Å²) in [6.07, 6.45) is 0. The summed E-state index contributed by atoms with van der Waals surface area (Å²) >= 11 is 0. The first kappa shape index (κ1) is 16.7. The fourth-order valence-electron chi connectivity index (χ4n) is 3.05. The van der Waals surface area contributed by atoms with Crippen LogP contribution in [0.3, 0.4) is 0 Å². The van der Waals surface area contributed by atoms with Gasteiger partial charge >= 0.3 is 0 Å². The number of benzene rings is 2. The highest BCUT2D eigenvalue weighted by Crippen LogP contribution is 2.39. The number of likely N-dealkylation sites (tertiary alicyclic amines) is 1. The molecule has 1 saturated heterocycles. The van der Waals surface area contributed by atoms with E-state index in [1.165, 1.54) is 0 Å². The van der Waals surface area contributed by atoms with Gasteiger partial charge in [-0.25, -0.2) is 0 Å². The van der Waals surface area contributed by atoms with Crippen molar-refractivity contribution in [2.75, 3.05) is 14.2 Å². The quantitative estimate of drug-likeness (QED) is 0.350. The van der Waals surface area contributed by atoms with E-state index in [0.29, 0.717) is 18.0 Å². The first-order valence-corrected chi connectivity index (χ1v) is 7.80. The molecule has 1 aliphatic rings. The lowest BCUT2D eigenvalue weighted by molar-refractivity contribution is -0.150. The van der Waals surface area contributed by atoms with Crippen LogP contribution in [0.2, 0.25) is 0 Å². The molecule has 0 aliphatic carbocycles. The molecule has 2 atom stereocenters. The zero-order valence-corrected chi connectivity index (χ0v) is 14.0. The maximum Gasteiger partial charge on any atom is 0.234 e. The van der Waals surface area contributed by atoms with Crippen LogP contribution in [0.5, 0.6) is 11.5 Å². The molecule has 1 aliphatic heterocycles. The standard InChI is InChI=1S/C18H18N4O3/c1-24-14-9-8-13(15(10-14)25-2)11-22-17(12-6-4-3-5-7-12)16(18(22)23)20-21-19/h3-10,16-17H,11H2,1-2H3/t16-,17+/m0/s1. The molecule has 1 amide bonds. The molecular weight excluding hydrogens is 320 g/mol. The highest BCUT2D eigenvalue weighted by atomic mass is 16.5. The van der Waals surface area contributed by atoms with Crippen LogP contribution >= 0.6 is 0 Å². The van der Waals surface area contributed by atoms with Gasteiger partial charge in [0.15, 0.2) is 0 Å². The molecule has 0 spiro atoms. The maximum absolute atomic E-state index is 12.5. The fraction of sp³-hybridized carbons (Fsp3) is 0.278. The Bertz CT molecular complexity index is 818. The van der Waals surface area contributed by atoms with E-state index in [9.17, 15) is 4.79 Å². The first-order valence-electron chi connectivity index (χ1n) is 7.80. The number of β-lactam (4-membered cyclic amide) rings is 1. The molecule has 0 saturated carbocycles. The van der Waals surface area contributed by atoms with Crippen molar-refractivity contribution in [2.45, 2.75) is 18.6 Å². The minimum atomic E-state index is -0.711. The molecule has 7 heteroatoms. The summed E-state index contributed by atoms with van der Waals surface area (Å²) in [4.78, 5) is 17.0. The minimum absolute atomic E-state index is 0.190. The van der Waals surface area contributed by atoms with Crippen LogP contribution in [0.1, 0.15) is 17.2 Å². The fourth-order valence-corrected chi connectivity index (χ4v) is 3.05. The average Bonchev–Trinajstić information content (AvgIpc) is 2.67. The van der Waals surface area contributed by atoms with E-state index in [0.717, 1.165) is 11.1 Å². The van der Waals surface area contributed by atoms with Crippen LogP contribution < -0.4 is 9.47 Å². The molecule has 0 aromatic heterocycles. The number of carbonyl (C=O) groups is 1. The van der Waals surface area contributed by atoms with Crippen molar-refractivity contribution in [3.63, 3.8) is 0 Å². The molecule has 0 radical (unpaired) electrons. The first-order chi connectivity index (χ1) is 12.2. The van der Waals surface area contributed by atoms with E-state index < -0.39 is 6.04 Å². The van der Waals surface area contributed by atoms with Crippen LogP contribution in [0.25, 0.3) is 10.4 Å². The van der Waals surface area contributed by atoms with Gasteiger partial charge in [-0.05, 0) is 23.2 Å². The highest BCUT2D eigenvalue weighted by molar-refractivity contribution is 5.90. The minimum Gasteiger partial charge on any atom is -0.497 e. The number of hydrogen-bond acceptors (Lipinski definition) is 4. The summed E-state index contributed by atoms with van der Waals surface area (Å²) in [7, 11) is 3.16. The molecular formula is C18H18N4O3. The van der Waals surface area contributed by atoms with Crippen molar-refractivity contribution < 1.29 is 14.3 Å². The molecule has 0 bridgehead atoms. The topological polar surface area (TPSA) is 87.5 Å². The van der Waals surface area contributed by atoms with Crippen molar-refractivity contribution in [3.05, 3.63) is 70.1 Å². The van der Waals surface area contributed by atoms with Crippen LogP contribution in [-0.4, -0.2) is 31.1 Å². The van der Waals surface area contributed by atoms with Crippen LogP contribution in [0, 0.1) is 0 Å². The van der Waals surface area contributed by atoms with E-state index in [-0.39, 0.29) is 11.9 Å². The Balaban J connectivity index is 1.90.